The fourth-order valence-corrected chi connectivity index (χ4v) is 4.03. The summed E-state index contributed by atoms with van der Waals surface area (Å²) in [5, 5.41) is 2.55. The van der Waals surface area contributed by atoms with Crippen LogP contribution in [0.2, 0.25) is 0 Å². The van der Waals surface area contributed by atoms with E-state index < -0.39 is 29.1 Å². The summed E-state index contributed by atoms with van der Waals surface area (Å²) in [5.74, 6) is -1.59. The van der Waals surface area contributed by atoms with Gasteiger partial charge in [0.1, 0.15) is 0 Å². The van der Waals surface area contributed by atoms with Crippen LogP contribution in [0.5, 0.6) is 0 Å². The van der Waals surface area contributed by atoms with Crippen molar-refractivity contribution in [3.8, 4) is 5.69 Å². The highest BCUT2D eigenvalue weighted by Gasteiger charge is 2.36. The number of benzene rings is 2. The van der Waals surface area contributed by atoms with Crippen molar-refractivity contribution in [2.24, 2.45) is 0 Å². The summed E-state index contributed by atoms with van der Waals surface area (Å²) in [4.78, 5) is 52.4. The molecule has 192 valence electrons. The summed E-state index contributed by atoms with van der Waals surface area (Å²) in [6, 6.07) is 15.7. The van der Waals surface area contributed by atoms with E-state index in [1.54, 1.807) is 30.5 Å². The number of hydrogen-bond donors (Lipinski definition) is 1. The number of hydrogen-bond acceptors (Lipinski definition) is 4. The van der Waals surface area contributed by atoms with Crippen LogP contribution in [-0.4, -0.2) is 64.8 Å². The molecule has 3 amide bonds. The third-order valence-electron chi connectivity index (χ3n) is 6.01. The van der Waals surface area contributed by atoms with E-state index in [1.807, 2.05) is 0 Å². The number of amides is 3. The van der Waals surface area contributed by atoms with Crippen LogP contribution in [0.1, 0.15) is 26.3 Å². The molecular formula is C26H23F3N4O4. The number of aromatic nitrogens is 1. The molecule has 3 aromatic rings. The summed E-state index contributed by atoms with van der Waals surface area (Å²) in [7, 11) is 0. The lowest BCUT2D eigenvalue weighted by molar-refractivity contribution is -0.138. The van der Waals surface area contributed by atoms with Gasteiger partial charge in [-0.3, -0.25) is 23.7 Å². The van der Waals surface area contributed by atoms with Gasteiger partial charge in [-0.05, 0) is 42.5 Å². The van der Waals surface area contributed by atoms with Crippen molar-refractivity contribution in [1.29, 1.82) is 0 Å². The second-order valence-electron chi connectivity index (χ2n) is 8.35. The Morgan fingerprint density at radius 1 is 0.811 bits per heavy atom. The molecule has 11 heteroatoms. The minimum absolute atomic E-state index is 0.0744. The zero-order valence-electron chi connectivity index (χ0n) is 19.6. The molecule has 0 aliphatic carbocycles. The van der Waals surface area contributed by atoms with E-state index in [-0.39, 0.29) is 44.2 Å². The average Bonchev–Trinajstić information content (AvgIpc) is 2.91. The Morgan fingerprint density at radius 3 is 2.08 bits per heavy atom. The molecular weight excluding hydrogens is 489 g/mol. The Kier molecular flexibility index (Phi) is 7.42. The first kappa shape index (κ1) is 25.7. The molecule has 0 radical (unpaired) electrons. The first-order chi connectivity index (χ1) is 17.6. The fourth-order valence-electron chi connectivity index (χ4n) is 4.03. The number of halogens is 3. The van der Waals surface area contributed by atoms with Crippen molar-refractivity contribution in [3.05, 3.63) is 100.0 Å². The van der Waals surface area contributed by atoms with E-state index in [4.69, 9.17) is 0 Å². The molecule has 0 unspecified atom stereocenters. The molecule has 2 heterocycles. The van der Waals surface area contributed by atoms with Gasteiger partial charge in [0.15, 0.2) is 0 Å². The molecule has 4 rings (SSSR count). The molecule has 1 aliphatic rings. The number of nitrogens with one attached hydrogen (secondary N) is 1. The van der Waals surface area contributed by atoms with E-state index in [0.29, 0.717) is 11.3 Å². The normalized spacial score (nSPS) is 13.8. The second-order valence-corrected chi connectivity index (χ2v) is 8.35. The lowest BCUT2D eigenvalue weighted by Gasteiger charge is -2.35. The van der Waals surface area contributed by atoms with Gasteiger partial charge in [0.2, 0.25) is 5.91 Å². The van der Waals surface area contributed by atoms with Crippen molar-refractivity contribution in [3.63, 3.8) is 0 Å². The maximum atomic E-state index is 13.3. The number of rotatable bonds is 5. The lowest BCUT2D eigenvalue weighted by atomic mass is 10.1. The van der Waals surface area contributed by atoms with Gasteiger partial charge in [-0.25, -0.2) is 0 Å². The van der Waals surface area contributed by atoms with Gasteiger partial charge in [0.05, 0.1) is 17.7 Å². The van der Waals surface area contributed by atoms with Crippen LogP contribution in [0.3, 0.4) is 0 Å². The summed E-state index contributed by atoms with van der Waals surface area (Å²) >= 11 is 0. The van der Waals surface area contributed by atoms with Crippen molar-refractivity contribution < 1.29 is 27.6 Å². The van der Waals surface area contributed by atoms with Gasteiger partial charge < -0.3 is 15.1 Å². The molecule has 1 N–H and O–H groups in total. The van der Waals surface area contributed by atoms with Gasteiger partial charge in [-0.2, -0.15) is 13.2 Å². The zero-order valence-corrected chi connectivity index (χ0v) is 19.6. The predicted molar refractivity (Wildman–Crippen MR) is 128 cm³/mol. The number of pyridine rings is 1. The van der Waals surface area contributed by atoms with Gasteiger partial charge in [0.25, 0.3) is 17.4 Å². The van der Waals surface area contributed by atoms with Gasteiger partial charge in [0, 0.05) is 49.7 Å². The monoisotopic (exact) mass is 512 g/mol. The minimum Gasteiger partial charge on any atom is -0.343 e. The third-order valence-corrected chi connectivity index (χ3v) is 6.01. The highest BCUT2D eigenvalue weighted by molar-refractivity contribution is 5.97. The summed E-state index contributed by atoms with van der Waals surface area (Å²) in [6.07, 6.45) is -3.04. The van der Waals surface area contributed by atoms with Gasteiger partial charge >= 0.3 is 6.18 Å². The van der Waals surface area contributed by atoms with Crippen LogP contribution in [-0.2, 0) is 11.0 Å². The Hall–Kier alpha value is -4.41. The SMILES string of the molecule is O=C(NCC(=O)N1CCN(C(=O)c2ccccc2C(F)(F)F)CC1)c1ccc(-n2ccccc2=O)cc1. The molecule has 8 nitrogen and oxygen atoms in total. The standard InChI is InChI=1S/C26H23F3N4O4/c27-26(28,29)21-6-2-1-5-20(21)25(37)32-15-13-31(14-16-32)23(35)17-30-24(36)18-8-10-19(11-9-18)33-12-4-3-7-22(33)34/h1-12H,13-17H2,(H,30,36). The molecule has 1 aliphatic heterocycles. The minimum atomic E-state index is -4.65. The fraction of sp³-hybridized carbons (Fsp3) is 0.231. The largest absolute Gasteiger partial charge is 0.417 e. The number of nitrogens with zero attached hydrogens (tertiary/aromatic N) is 3. The molecule has 1 aromatic heterocycles. The lowest BCUT2D eigenvalue weighted by Crippen LogP contribution is -2.52. The molecule has 0 bridgehead atoms. The predicted octanol–water partition coefficient (Wildman–Crippen LogP) is 2.57. The molecule has 0 atom stereocenters. The number of alkyl halides is 3. The quantitative estimate of drug-likeness (QED) is 0.569. The van der Waals surface area contributed by atoms with E-state index in [2.05, 4.69) is 5.32 Å². The summed E-state index contributed by atoms with van der Waals surface area (Å²) in [5.41, 5.74) is -0.741. The number of carbonyl (C=O) groups is 3. The van der Waals surface area contributed by atoms with Crippen LogP contribution < -0.4 is 10.9 Å². The third kappa shape index (κ3) is 5.88. The molecule has 0 spiro atoms. The Bertz CT molecular complexity index is 1360. The molecule has 0 saturated carbocycles. The Labute approximate surface area is 209 Å². The maximum Gasteiger partial charge on any atom is 0.417 e. The van der Waals surface area contributed by atoms with E-state index in [9.17, 15) is 32.3 Å². The summed E-state index contributed by atoms with van der Waals surface area (Å²) in [6.45, 7) is 0.143. The molecule has 2 aromatic carbocycles. The van der Waals surface area contributed by atoms with Crippen molar-refractivity contribution in [2.45, 2.75) is 6.18 Å². The molecule has 1 saturated heterocycles. The van der Waals surface area contributed by atoms with Crippen LogP contribution >= 0.6 is 0 Å². The molecule has 1 fully saturated rings. The van der Waals surface area contributed by atoms with E-state index in [0.717, 1.165) is 12.1 Å². The topological polar surface area (TPSA) is 91.7 Å². The zero-order chi connectivity index (χ0) is 26.6. The smallest absolute Gasteiger partial charge is 0.343 e. The van der Waals surface area contributed by atoms with Crippen molar-refractivity contribution in [2.75, 3.05) is 32.7 Å². The van der Waals surface area contributed by atoms with Crippen molar-refractivity contribution >= 4 is 17.7 Å². The van der Waals surface area contributed by atoms with Crippen LogP contribution in [0.15, 0.2) is 77.7 Å². The summed E-state index contributed by atoms with van der Waals surface area (Å²) < 4.78 is 41.2. The Balaban J connectivity index is 1.29. The van der Waals surface area contributed by atoms with Crippen LogP contribution in [0.4, 0.5) is 13.2 Å². The van der Waals surface area contributed by atoms with Crippen molar-refractivity contribution in [1.82, 2.24) is 19.7 Å². The van der Waals surface area contributed by atoms with Gasteiger partial charge in [-0.15, -0.1) is 0 Å². The van der Waals surface area contributed by atoms with Crippen LogP contribution in [0, 0.1) is 0 Å². The van der Waals surface area contributed by atoms with Gasteiger partial charge in [-0.1, -0.05) is 18.2 Å². The average molecular weight is 512 g/mol. The number of carbonyl (C=O) groups excluding carboxylic acids is 3. The number of piperazine rings is 1. The Morgan fingerprint density at radius 2 is 1.43 bits per heavy atom. The first-order valence-electron chi connectivity index (χ1n) is 11.4. The van der Waals surface area contributed by atoms with E-state index >= 15 is 0 Å². The highest BCUT2D eigenvalue weighted by atomic mass is 19.4. The first-order valence-corrected chi connectivity index (χ1v) is 11.4. The second kappa shape index (κ2) is 10.7. The molecule has 37 heavy (non-hydrogen) atoms. The highest BCUT2D eigenvalue weighted by Crippen LogP contribution is 2.32. The van der Waals surface area contributed by atoms with E-state index in [1.165, 1.54) is 44.7 Å². The maximum absolute atomic E-state index is 13.3. The van der Waals surface area contributed by atoms with Crippen LogP contribution in [0.25, 0.3) is 5.69 Å².